The van der Waals surface area contributed by atoms with Crippen LogP contribution in [0.25, 0.3) is 10.2 Å². The number of aromatic nitrogens is 1. The summed E-state index contributed by atoms with van der Waals surface area (Å²) in [5, 5.41) is 4.02. The quantitative estimate of drug-likeness (QED) is 0.364. The predicted molar refractivity (Wildman–Crippen MR) is 156 cm³/mol. The lowest BCUT2D eigenvalue weighted by Gasteiger charge is -2.34. The number of benzene rings is 2. The Morgan fingerprint density at radius 1 is 1.08 bits per heavy atom. The molecule has 202 valence electrons. The Labute approximate surface area is 229 Å². The summed E-state index contributed by atoms with van der Waals surface area (Å²) in [6, 6.07) is 10.4. The molecule has 1 saturated heterocycles. The lowest BCUT2D eigenvalue weighted by Crippen LogP contribution is -2.48. The second-order valence-electron chi connectivity index (χ2n) is 9.43. The SMILES string of the molecule is C=CCN(CC=C)S(=O)(=O)c1ccc(C(=O)NCCN2CCN(c3nc4c(C)cc(C)cc4s3)CC2)cc1. The number of nitrogens with zero attached hydrogens (tertiary/aromatic N) is 4. The van der Waals surface area contributed by atoms with Gasteiger partial charge in [0.15, 0.2) is 5.13 Å². The molecule has 0 atom stereocenters. The van der Waals surface area contributed by atoms with E-state index >= 15 is 0 Å². The molecular formula is C28H35N5O3S2. The number of fused-ring (bicyclic) bond motifs is 1. The van der Waals surface area contributed by atoms with E-state index in [9.17, 15) is 13.2 Å². The van der Waals surface area contributed by atoms with E-state index in [2.05, 4.69) is 54.3 Å². The van der Waals surface area contributed by atoms with E-state index < -0.39 is 10.0 Å². The molecule has 1 fully saturated rings. The molecule has 4 rings (SSSR count). The number of aryl methyl sites for hydroxylation is 2. The number of piperazine rings is 1. The number of rotatable bonds is 11. The van der Waals surface area contributed by atoms with Crippen LogP contribution in [0.15, 0.2) is 66.6 Å². The molecule has 1 N–H and O–H groups in total. The Morgan fingerprint density at radius 3 is 2.37 bits per heavy atom. The number of carbonyl (C=O) groups is 1. The van der Waals surface area contributed by atoms with Crippen molar-refractivity contribution in [2.75, 3.05) is 57.3 Å². The van der Waals surface area contributed by atoms with E-state index in [1.165, 1.54) is 44.4 Å². The van der Waals surface area contributed by atoms with Gasteiger partial charge in [0, 0.05) is 57.9 Å². The van der Waals surface area contributed by atoms with Crippen molar-refractivity contribution in [3.05, 3.63) is 78.4 Å². The van der Waals surface area contributed by atoms with Crippen LogP contribution in [-0.2, 0) is 10.0 Å². The molecule has 1 aliphatic heterocycles. The van der Waals surface area contributed by atoms with Gasteiger partial charge < -0.3 is 10.2 Å². The number of hydrogen-bond donors (Lipinski definition) is 1. The number of thiazole rings is 1. The Morgan fingerprint density at radius 2 is 1.74 bits per heavy atom. The zero-order chi connectivity index (χ0) is 27.3. The third-order valence-electron chi connectivity index (χ3n) is 6.59. The smallest absolute Gasteiger partial charge is 0.251 e. The molecule has 0 radical (unpaired) electrons. The molecule has 0 spiro atoms. The third-order valence-corrected chi connectivity index (χ3v) is 9.50. The van der Waals surface area contributed by atoms with Gasteiger partial charge in [0.25, 0.3) is 5.91 Å². The molecule has 1 aliphatic rings. The van der Waals surface area contributed by atoms with Gasteiger partial charge in [-0.25, -0.2) is 13.4 Å². The number of hydrogen-bond acceptors (Lipinski definition) is 7. The summed E-state index contributed by atoms with van der Waals surface area (Å²) in [5.41, 5.74) is 4.00. The summed E-state index contributed by atoms with van der Waals surface area (Å²) < 4.78 is 28.2. The summed E-state index contributed by atoms with van der Waals surface area (Å²) in [6.07, 6.45) is 3.07. The van der Waals surface area contributed by atoms with Crippen molar-refractivity contribution >= 4 is 42.6 Å². The molecule has 10 heteroatoms. The van der Waals surface area contributed by atoms with Crippen molar-refractivity contribution in [2.45, 2.75) is 18.7 Å². The Bertz CT molecular complexity index is 1400. The second kappa shape index (κ2) is 12.2. The van der Waals surface area contributed by atoms with Crippen LogP contribution in [-0.4, -0.2) is 80.9 Å². The highest BCUT2D eigenvalue weighted by Crippen LogP contribution is 2.32. The van der Waals surface area contributed by atoms with Crippen molar-refractivity contribution < 1.29 is 13.2 Å². The molecule has 1 amide bonds. The van der Waals surface area contributed by atoms with Gasteiger partial charge in [-0.3, -0.25) is 9.69 Å². The number of sulfonamides is 1. The van der Waals surface area contributed by atoms with Crippen LogP contribution in [0.3, 0.4) is 0 Å². The van der Waals surface area contributed by atoms with E-state index in [-0.39, 0.29) is 23.9 Å². The molecule has 2 heterocycles. The van der Waals surface area contributed by atoms with Gasteiger partial charge in [0.2, 0.25) is 10.0 Å². The Kier molecular flexibility index (Phi) is 8.99. The Balaban J connectivity index is 1.26. The molecule has 0 bridgehead atoms. The van der Waals surface area contributed by atoms with Gasteiger partial charge >= 0.3 is 0 Å². The maximum Gasteiger partial charge on any atom is 0.251 e. The van der Waals surface area contributed by atoms with Crippen LogP contribution in [0.5, 0.6) is 0 Å². The van der Waals surface area contributed by atoms with Crippen LogP contribution in [0.1, 0.15) is 21.5 Å². The lowest BCUT2D eigenvalue weighted by molar-refractivity contribution is 0.0947. The zero-order valence-electron chi connectivity index (χ0n) is 22.0. The molecule has 0 aliphatic carbocycles. The number of anilines is 1. The van der Waals surface area contributed by atoms with E-state index in [0.29, 0.717) is 12.1 Å². The number of amides is 1. The normalized spacial score (nSPS) is 14.7. The number of nitrogens with one attached hydrogen (secondary N) is 1. The molecule has 8 nitrogen and oxygen atoms in total. The van der Waals surface area contributed by atoms with Gasteiger partial charge in [-0.05, 0) is 55.3 Å². The summed E-state index contributed by atoms with van der Waals surface area (Å²) in [5.74, 6) is -0.221. The van der Waals surface area contributed by atoms with Gasteiger partial charge in [-0.1, -0.05) is 29.6 Å². The molecular weight excluding hydrogens is 518 g/mol. The fourth-order valence-corrected chi connectivity index (χ4v) is 7.15. The largest absolute Gasteiger partial charge is 0.351 e. The first kappa shape index (κ1) is 28.0. The minimum atomic E-state index is -3.69. The zero-order valence-corrected chi connectivity index (χ0v) is 23.7. The fraction of sp³-hybridized carbons (Fsp3) is 0.357. The van der Waals surface area contributed by atoms with Crippen LogP contribution in [0, 0.1) is 13.8 Å². The Hall–Kier alpha value is -3.05. The van der Waals surface area contributed by atoms with Gasteiger partial charge in [0.05, 0.1) is 15.1 Å². The summed E-state index contributed by atoms with van der Waals surface area (Å²) >= 11 is 1.75. The lowest BCUT2D eigenvalue weighted by atomic mass is 10.1. The van der Waals surface area contributed by atoms with E-state index in [0.717, 1.165) is 43.4 Å². The molecule has 0 unspecified atom stereocenters. The summed E-state index contributed by atoms with van der Waals surface area (Å²) in [7, 11) is -3.69. The molecule has 1 aromatic heterocycles. The molecule has 2 aromatic carbocycles. The van der Waals surface area contributed by atoms with Crippen molar-refractivity contribution in [1.29, 1.82) is 0 Å². The van der Waals surface area contributed by atoms with Crippen molar-refractivity contribution in [3.8, 4) is 0 Å². The van der Waals surface area contributed by atoms with Crippen LogP contribution < -0.4 is 10.2 Å². The van der Waals surface area contributed by atoms with Crippen LogP contribution in [0.4, 0.5) is 5.13 Å². The van der Waals surface area contributed by atoms with Crippen molar-refractivity contribution in [2.24, 2.45) is 0 Å². The standard InChI is InChI=1S/C28H35N5O3S2/c1-5-12-33(13-6-2)38(35,36)24-9-7-23(8-10-24)27(34)29-11-14-31-15-17-32(18-16-31)28-30-26-22(4)19-21(3)20-25(26)37-28/h5-10,19-20H,1-2,11-18H2,3-4H3,(H,29,34). The van der Waals surface area contributed by atoms with Gasteiger partial charge in [0.1, 0.15) is 0 Å². The minimum Gasteiger partial charge on any atom is -0.351 e. The first-order valence-electron chi connectivity index (χ1n) is 12.7. The fourth-order valence-electron chi connectivity index (χ4n) is 4.57. The minimum absolute atomic E-state index is 0.133. The monoisotopic (exact) mass is 553 g/mol. The molecule has 38 heavy (non-hydrogen) atoms. The summed E-state index contributed by atoms with van der Waals surface area (Å²) in [4.78, 5) is 22.3. The van der Waals surface area contributed by atoms with Crippen LogP contribution in [0.2, 0.25) is 0 Å². The first-order chi connectivity index (χ1) is 18.2. The highest BCUT2D eigenvalue weighted by molar-refractivity contribution is 7.89. The highest BCUT2D eigenvalue weighted by Gasteiger charge is 2.23. The van der Waals surface area contributed by atoms with E-state index in [4.69, 9.17) is 4.98 Å². The average molecular weight is 554 g/mol. The first-order valence-corrected chi connectivity index (χ1v) is 14.9. The predicted octanol–water partition coefficient (Wildman–Crippen LogP) is 3.83. The maximum atomic E-state index is 12.8. The van der Waals surface area contributed by atoms with Crippen LogP contribution >= 0.6 is 11.3 Å². The van der Waals surface area contributed by atoms with E-state index in [1.54, 1.807) is 23.5 Å². The number of carbonyl (C=O) groups excluding carboxylic acids is 1. The topological polar surface area (TPSA) is 85.8 Å². The maximum absolute atomic E-state index is 12.8. The molecule has 3 aromatic rings. The average Bonchev–Trinajstić information content (AvgIpc) is 3.33. The second-order valence-corrected chi connectivity index (χ2v) is 12.4. The summed E-state index contributed by atoms with van der Waals surface area (Å²) in [6.45, 7) is 16.7. The van der Waals surface area contributed by atoms with Gasteiger partial charge in [-0.15, -0.1) is 13.2 Å². The van der Waals surface area contributed by atoms with Gasteiger partial charge in [-0.2, -0.15) is 4.31 Å². The van der Waals surface area contributed by atoms with E-state index in [1.807, 2.05) is 0 Å². The highest BCUT2D eigenvalue weighted by atomic mass is 32.2. The molecule has 0 saturated carbocycles. The third kappa shape index (κ3) is 6.32. The van der Waals surface area contributed by atoms with Crippen molar-refractivity contribution in [1.82, 2.24) is 19.5 Å². The van der Waals surface area contributed by atoms with Crippen molar-refractivity contribution in [3.63, 3.8) is 0 Å².